The molecule has 2 fully saturated rings. The van der Waals surface area contributed by atoms with Crippen molar-refractivity contribution in [2.24, 2.45) is 0 Å². The Hall–Kier alpha value is -0.0900. The van der Waals surface area contributed by atoms with Crippen molar-refractivity contribution in [2.45, 2.75) is 50.7 Å². The molecule has 2 heterocycles. The highest BCUT2D eigenvalue weighted by atomic mass is 35.5. The Kier molecular flexibility index (Phi) is 3.94. The molecule has 1 aliphatic carbocycles. The van der Waals surface area contributed by atoms with Crippen molar-refractivity contribution in [3.63, 3.8) is 0 Å². The highest BCUT2D eigenvalue weighted by molar-refractivity contribution is 7.16. The normalized spacial score (nSPS) is 24.3. The lowest BCUT2D eigenvalue weighted by Crippen LogP contribution is -2.43. The van der Waals surface area contributed by atoms with Crippen LogP contribution in [0.1, 0.15) is 43.5 Å². The van der Waals surface area contributed by atoms with Gasteiger partial charge in [-0.2, -0.15) is 0 Å². The average Bonchev–Trinajstić information content (AvgIpc) is 3.12. The predicted octanol–water partition coefficient (Wildman–Crippen LogP) is 3.68. The van der Waals surface area contributed by atoms with Gasteiger partial charge in [0.15, 0.2) is 0 Å². The largest absolute Gasteiger partial charge is 0.307 e. The lowest BCUT2D eigenvalue weighted by atomic mass is 10.0. The van der Waals surface area contributed by atoms with E-state index in [1.807, 2.05) is 6.07 Å². The third-order valence-corrected chi connectivity index (χ3v) is 5.51. The van der Waals surface area contributed by atoms with Crippen LogP contribution in [0.3, 0.4) is 0 Å². The van der Waals surface area contributed by atoms with E-state index in [0.29, 0.717) is 12.1 Å². The van der Waals surface area contributed by atoms with Gasteiger partial charge in [0.05, 0.1) is 4.34 Å². The number of nitrogens with one attached hydrogen (secondary N) is 1. The maximum absolute atomic E-state index is 5.99. The van der Waals surface area contributed by atoms with Gasteiger partial charge in [0, 0.05) is 23.0 Å². The molecule has 2 nitrogen and oxygen atoms in total. The first-order valence-electron chi connectivity index (χ1n) is 6.97. The van der Waals surface area contributed by atoms with Gasteiger partial charge in [-0.15, -0.1) is 11.3 Å². The van der Waals surface area contributed by atoms with Gasteiger partial charge < -0.3 is 10.2 Å². The van der Waals surface area contributed by atoms with Crippen LogP contribution >= 0.6 is 22.9 Å². The smallest absolute Gasteiger partial charge is 0.0931 e. The third kappa shape index (κ3) is 3.08. The minimum absolute atomic E-state index is 0.431. The Labute approximate surface area is 118 Å². The van der Waals surface area contributed by atoms with Crippen molar-refractivity contribution in [1.29, 1.82) is 0 Å². The molecule has 1 aliphatic heterocycles. The molecule has 4 heteroatoms. The number of nitrogens with zero attached hydrogens (tertiary/aromatic N) is 1. The van der Waals surface area contributed by atoms with Crippen LogP contribution in [0.5, 0.6) is 0 Å². The summed E-state index contributed by atoms with van der Waals surface area (Å²) >= 11 is 7.68. The minimum atomic E-state index is 0.431. The average molecular weight is 285 g/mol. The lowest BCUT2D eigenvalue weighted by Gasteiger charge is -2.33. The summed E-state index contributed by atoms with van der Waals surface area (Å²) in [6.07, 6.45) is 5.45. The summed E-state index contributed by atoms with van der Waals surface area (Å²) in [5.41, 5.74) is 0. The number of halogens is 1. The molecule has 1 aromatic heterocycles. The molecule has 0 spiro atoms. The Morgan fingerprint density at radius 2 is 2.00 bits per heavy atom. The minimum Gasteiger partial charge on any atom is -0.307 e. The maximum Gasteiger partial charge on any atom is 0.0931 e. The molecule has 1 saturated carbocycles. The molecule has 1 saturated heterocycles. The number of hydrogen-bond acceptors (Lipinski definition) is 3. The van der Waals surface area contributed by atoms with Crippen LogP contribution < -0.4 is 5.32 Å². The second kappa shape index (κ2) is 5.49. The van der Waals surface area contributed by atoms with E-state index in [0.717, 1.165) is 10.4 Å². The van der Waals surface area contributed by atoms with Crippen LogP contribution in [0.4, 0.5) is 0 Å². The molecule has 1 aromatic rings. The number of likely N-dealkylation sites (tertiary alicyclic amines) is 1. The molecule has 0 radical (unpaired) electrons. The molecule has 0 amide bonds. The van der Waals surface area contributed by atoms with Crippen LogP contribution in [0.2, 0.25) is 4.34 Å². The monoisotopic (exact) mass is 284 g/mol. The van der Waals surface area contributed by atoms with E-state index in [4.69, 9.17) is 11.6 Å². The fraction of sp³-hybridized carbons (Fsp3) is 0.714. The van der Waals surface area contributed by atoms with Crippen LogP contribution in [-0.4, -0.2) is 30.1 Å². The maximum atomic E-state index is 5.99. The number of thiophene rings is 1. The van der Waals surface area contributed by atoms with E-state index >= 15 is 0 Å². The first-order valence-corrected chi connectivity index (χ1v) is 8.17. The van der Waals surface area contributed by atoms with E-state index in [1.54, 1.807) is 11.3 Å². The summed E-state index contributed by atoms with van der Waals surface area (Å²) in [7, 11) is 0. The molecule has 0 bridgehead atoms. The van der Waals surface area contributed by atoms with Gasteiger partial charge in [-0.1, -0.05) is 11.6 Å². The molecule has 1 unspecified atom stereocenters. The summed E-state index contributed by atoms with van der Waals surface area (Å²) in [5, 5.41) is 3.75. The van der Waals surface area contributed by atoms with Crippen molar-refractivity contribution in [2.75, 3.05) is 13.1 Å². The molecule has 3 rings (SSSR count). The Morgan fingerprint density at radius 1 is 1.28 bits per heavy atom. The molecular formula is C14H21ClN2S. The fourth-order valence-corrected chi connectivity index (χ4v) is 3.94. The van der Waals surface area contributed by atoms with E-state index in [2.05, 4.69) is 23.2 Å². The second-order valence-electron chi connectivity index (χ2n) is 5.57. The van der Waals surface area contributed by atoms with Crippen molar-refractivity contribution >= 4 is 22.9 Å². The van der Waals surface area contributed by atoms with Crippen LogP contribution in [0.15, 0.2) is 12.1 Å². The number of hydrogen-bond donors (Lipinski definition) is 1. The standard InChI is InChI=1S/C14H21ClN2S/c1-10(13-4-5-14(15)18-13)16-11-6-8-17(9-7-11)12-2-3-12/h4-5,10-12,16H,2-3,6-9H2,1H3. The molecular weight excluding hydrogens is 264 g/mol. The van der Waals surface area contributed by atoms with E-state index in [-0.39, 0.29) is 0 Å². The summed E-state index contributed by atoms with van der Waals surface area (Å²) in [6.45, 7) is 4.80. The zero-order chi connectivity index (χ0) is 12.5. The van der Waals surface area contributed by atoms with Crippen LogP contribution in [0, 0.1) is 0 Å². The first kappa shape index (κ1) is 12.9. The highest BCUT2D eigenvalue weighted by Crippen LogP contribution is 2.31. The van der Waals surface area contributed by atoms with Crippen LogP contribution in [0.25, 0.3) is 0 Å². The number of rotatable bonds is 4. The second-order valence-corrected chi connectivity index (χ2v) is 7.32. The first-order chi connectivity index (χ1) is 8.72. The van der Waals surface area contributed by atoms with Crippen molar-refractivity contribution in [1.82, 2.24) is 10.2 Å². The van der Waals surface area contributed by atoms with Gasteiger partial charge in [0.1, 0.15) is 0 Å². The summed E-state index contributed by atoms with van der Waals surface area (Å²) < 4.78 is 0.891. The van der Waals surface area contributed by atoms with Crippen molar-refractivity contribution < 1.29 is 0 Å². The predicted molar refractivity (Wildman–Crippen MR) is 78.5 cm³/mol. The van der Waals surface area contributed by atoms with Gasteiger partial charge >= 0.3 is 0 Å². The van der Waals surface area contributed by atoms with Crippen molar-refractivity contribution in [3.05, 3.63) is 21.3 Å². The molecule has 2 aliphatic rings. The number of piperidine rings is 1. The lowest BCUT2D eigenvalue weighted by molar-refractivity contribution is 0.184. The third-order valence-electron chi connectivity index (χ3n) is 4.10. The van der Waals surface area contributed by atoms with Gasteiger partial charge in [-0.3, -0.25) is 0 Å². The van der Waals surface area contributed by atoms with Crippen LogP contribution in [-0.2, 0) is 0 Å². The highest BCUT2D eigenvalue weighted by Gasteiger charge is 2.32. The van der Waals surface area contributed by atoms with Gasteiger partial charge in [0.25, 0.3) is 0 Å². The van der Waals surface area contributed by atoms with Crippen molar-refractivity contribution in [3.8, 4) is 0 Å². The molecule has 18 heavy (non-hydrogen) atoms. The molecule has 100 valence electrons. The zero-order valence-corrected chi connectivity index (χ0v) is 12.4. The van der Waals surface area contributed by atoms with E-state index in [9.17, 15) is 0 Å². The molecule has 1 N–H and O–H groups in total. The Morgan fingerprint density at radius 3 is 2.56 bits per heavy atom. The van der Waals surface area contributed by atoms with Gasteiger partial charge in [-0.05, 0) is 57.8 Å². The quantitative estimate of drug-likeness (QED) is 0.907. The Bertz CT molecular complexity index is 394. The SMILES string of the molecule is CC(NC1CCN(C2CC2)CC1)c1ccc(Cl)s1. The van der Waals surface area contributed by atoms with E-state index < -0.39 is 0 Å². The fourth-order valence-electron chi connectivity index (χ4n) is 2.87. The zero-order valence-electron chi connectivity index (χ0n) is 10.9. The molecule has 1 atom stereocenters. The van der Waals surface area contributed by atoms with Gasteiger partial charge in [0.2, 0.25) is 0 Å². The van der Waals surface area contributed by atoms with E-state index in [1.165, 1.54) is 43.6 Å². The summed E-state index contributed by atoms with van der Waals surface area (Å²) in [4.78, 5) is 4.02. The molecule has 0 aromatic carbocycles. The topological polar surface area (TPSA) is 15.3 Å². The Balaban J connectivity index is 1.48. The summed E-state index contributed by atoms with van der Waals surface area (Å²) in [6, 6.07) is 6.18. The summed E-state index contributed by atoms with van der Waals surface area (Å²) in [5.74, 6) is 0. The van der Waals surface area contributed by atoms with Gasteiger partial charge in [-0.25, -0.2) is 0 Å².